The van der Waals surface area contributed by atoms with Crippen LogP contribution < -0.4 is 5.32 Å². The molecule has 1 N–H and O–H groups in total. The largest absolute Gasteiger partial charge is 0.465 e. The van der Waals surface area contributed by atoms with Crippen LogP contribution in [-0.4, -0.2) is 54.8 Å². The number of carbonyl (C=O) groups is 3. The predicted octanol–water partition coefficient (Wildman–Crippen LogP) is 0.948. The van der Waals surface area contributed by atoms with Crippen LogP contribution in [0.5, 0.6) is 0 Å². The summed E-state index contributed by atoms with van der Waals surface area (Å²) < 4.78 is 5.35. The first-order valence-corrected chi connectivity index (χ1v) is 7.66. The fourth-order valence-corrected chi connectivity index (χ4v) is 3.00. The molecule has 0 bridgehead atoms. The average Bonchev–Trinajstić information content (AvgIpc) is 2.97. The molecule has 1 aliphatic rings. The third-order valence-electron chi connectivity index (χ3n) is 2.97. The van der Waals surface area contributed by atoms with Crippen molar-refractivity contribution >= 4 is 40.6 Å². The molecule has 1 aromatic rings. The molecule has 1 unspecified atom stereocenters. The van der Waals surface area contributed by atoms with Gasteiger partial charge in [0, 0.05) is 6.54 Å². The lowest BCUT2D eigenvalue weighted by atomic mass is 10.2. The van der Waals surface area contributed by atoms with Crippen LogP contribution in [0.4, 0.5) is 0 Å². The van der Waals surface area contributed by atoms with E-state index in [0.717, 1.165) is 11.3 Å². The van der Waals surface area contributed by atoms with Crippen LogP contribution in [0.1, 0.15) is 16.6 Å². The number of amides is 1. The molecule has 0 aliphatic carbocycles. The zero-order valence-electron chi connectivity index (χ0n) is 11.4. The van der Waals surface area contributed by atoms with Crippen LogP contribution in [0.3, 0.4) is 0 Å². The van der Waals surface area contributed by atoms with Gasteiger partial charge >= 0.3 is 5.97 Å². The number of ketones is 1. The highest BCUT2D eigenvalue weighted by Gasteiger charge is 2.33. The van der Waals surface area contributed by atoms with Gasteiger partial charge < -0.3 is 10.1 Å². The molecule has 1 atom stereocenters. The second-order valence-electron chi connectivity index (χ2n) is 4.57. The Hall–Kier alpha value is -1.44. The normalized spacial score (nSPS) is 18.8. The molecule has 0 aromatic carbocycles. The van der Waals surface area contributed by atoms with Crippen LogP contribution in [0.25, 0.3) is 0 Å². The zero-order valence-corrected chi connectivity index (χ0v) is 13.0. The summed E-state index contributed by atoms with van der Waals surface area (Å²) >= 11 is 6.92. The molecule has 1 amide bonds. The summed E-state index contributed by atoms with van der Waals surface area (Å²) in [5.74, 6) is -0.819. The number of ether oxygens (including phenoxy) is 1. The van der Waals surface area contributed by atoms with Gasteiger partial charge in [-0.3, -0.25) is 19.3 Å². The molecule has 0 radical (unpaired) electrons. The number of hydrogen-bond acceptors (Lipinski definition) is 6. The number of nitrogens with zero attached hydrogens (tertiary/aromatic N) is 1. The second kappa shape index (κ2) is 7.02. The Morgan fingerprint density at radius 2 is 2.29 bits per heavy atom. The lowest BCUT2D eigenvalue weighted by molar-refractivity contribution is -0.144. The molecule has 1 aliphatic heterocycles. The van der Waals surface area contributed by atoms with E-state index in [1.54, 1.807) is 24.0 Å². The van der Waals surface area contributed by atoms with Crippen LogP contribution >= 0.6 is 22.9 Å². The first-order chi connectivity index (χ1) is 9.99. The number of nitrogens with one attached hydrogen (secondary N) is 1. The van der Waals surface area contributed by atoms with Crippen molar-refractivity contribution < 1.29 is 19.1 Å². The summed E-state index contributed by atoms with van der Waals surface area (Å²) in [4.78, 5) is 37.3. The van der Waals surface area contributed by atoms with E-state index in [2.05, 4.69) is 5.32 Å². The highest BCUT2D eigenvalue weighted by atomic mass is 35.5. The molecule has 1 aromatic heterocycles. The van der Waals surface area contributed by atoms with Crippen molar-refractivity contribution in [2.75, 3.05) is 26.2 Å². The van der Waals surface area contributed by atoms with Gasteiger partial charge in [-0.05, 0) is 19.1 Å². The summed E-state index contributed by atoms with van der Waals surface area (Å²) in [5.41, 5.74) is 0. The molecule has 2 rings (SSSR count). The maximum absolute atomic E-state index is 12.0. The van der Waals surface area contributed by atoms with Crippen molar-refractivity contribution in [1.29, 1.82) is 0 Å². The van der Waals surface area contributed by atoms with Gasteiger partial charge in [-0.25, -0.2) is 0 Å². The smallest absolute Gasteiger partial charge is 0.320 e. The van der Waals surface area contributed by atoms with Crippen molar-refractivity contribution in [2.24, 2.45) is 0 Å². The number of hydrogen-bond donors (Lipinski definition) is 1. The van der Waals surface area contributed by atoms with E-state index in [9.17, 15) is 14.4 Å². The molecule has 114 valence electrons. The fraction of sp³-hybridized carbons (Fsp3) is 0.462. The number of likely N-dealkylation sites (tertiary alicyclic amines) is 1. The number of carbonyl (C=O) groups excluding carboxylic acids is 3. The van der Waals surface area contributed by atoms with Gasteiger partial charge in [0.15, 0.2) is 5.78 Å². The number of Topliss-reactive ketones (excluding diaryl/α,β-unsaturated/α-hetero) is 1. The molecular formula is C13H15ClN2O4S. The van der Waals surface area contributed by atoms with Crippen molar-refractivity contribution in [1.82, 2.24) is 10.2 Å². The Balaban J connectivity index is 1.88. The molecule has 0 spiro atoms. The van der Waals surface area contributed by atoms with Crippen molar-refractivity contribution in [3.05, 3.63) is 21.3 Å². The Kier molecular flexibility index (Phi) is 5.33. The monoisotopic (exact) mass is 330 g/mol. The van der Waals surface area contributed by atoms with Gasteiger partial charge in [0.1, 0.15) is 6.04 Å². The van der Waals surface area contributed by atoms with Gasteiger partial charge in [-0.15, -0.1) is 11.3 Å². The van der Waals surface area contributed by atoms with E-state index in [-0.39, 0.29) is 30.7 Å². The van der Waals surface area contributed by atoms with Crippen molar-refractivity contribution in [3.8, 4) is 0 Å². The van der Waals surface area contributed by atoms with Crippen LogP contribution in [0, 0.1) is 0 Å². The molecule has 6 nitrogen and oxygen atoms in total. The van der Waals surface area contributed by atoms with E-state index >= 15 is 0 Å². The minimum Gasteiger partial charge on any atom is -0.465 e. The van der Waals surface area contributed by atoms with E-state index in [1.807, 2.05) is 0 Å². The van der Waals surface area contributed by atoms with E-state index in [0.29, 0.717) is 22.4 Å². The molecule has 8 heteroatoms. The number of halogens is 1. The number of esters is 1. The Morgan fingerprint density at radius 3 is 2.90 bits per heavy atom. The lowest BCUT2D eigenvalue weighted by Crippen LogP contribution is -2.40. The molecule has 2 heterocycles. The van der Waals surface area contributed by atoms with Crippen LogP contribution in [0.2, 0.25) is 4.34 Å². The predicted molar refractivity (Wildman–Crippen MR) is 78.7 cm³/mol. The maximum Gasteiger partial charge on any atom is 0.320 e. The van der Waals surface area contributed by atoms with Crippen LogP contribution in [0.15, 0.2) is 12.1 Å². The Morgan fingerprint density at radius 1 is 1.52 bits per heavy atom. The van der Waals surface area contributed by atoms with Gasteiger partial charge in [0.2, 0.25) is 0 Å². The highest BCUT2D eigenvalue weighted by molar-refractivity contribution is 7.18. The first kappa shape index (κ1) is 15.9. The standard InChI is InChI=1S/C13H15ClN2O4S/c1-2-20-12(18)7-16-5-8(9(17)6-16)15-13(19)10-3-4-11(14)21-10/h3-4,8H,2,5-7H2,1H3,(H,15,19). The number of rotatable bonds is 5. The minimum atomic E-state index is -0.604. The topological polar surface area (TPSA) is 75.7 Å². The van der Waals surface area contributed by atoms with Crippen LogP contribution in [-0.2, 0) is 14.3 Å². The summed E-state index contributed by atoms with van der Waals surface area (Å²) in [6, 6.07) is 2.64. The lowest BCUT2D eigenvalue weighted by Gasteiger charge is -2.14. The van der Waals surface area contributed by atoms with E-state index in [4.69, 9.17) is 16.3 Å². The molecule has 21 heavy (non-hydrogen) atoms. The van der Waals surface area contributed by atoms with E-state index < -0.39 is 6.04 Å². The van der Waals surface area contributed by atoms with Gasteiger partial charge in [-0.2, -0.15) is 0 Å². The fourth-order valence-electron chi connectivity index (χ4n) is 2.06. The molecule has 1 saturated heterocycles. The first-order valence-electron chi connectivity index (χ1n) is 6.46. The quantitative estimate of drug-likeness (QED) is 0.813. The van der Waals surface area contributed by atoms with Crippen molar-refractivity contribution in [2.45, 2.75) is 13.0 Å². The minimum absolute atomic E-state index is 0.0524. The highest BCUT2D eigenvalue weighted by Crippen LogP contribution is 2.21. The van der Waals surface area contributed by atoms with E-state index in [1.165, 1.54) is 0 Å². The summed E-state index contributed by atoms with van der Waals surface area (Å²) in [6.45, 7) is 2.52. The summed E-state index contributed by atoms with van der Waals surface area (Å²) in [5, 5.41) is 2.66. The Labute approximate surface area is 131 Å². The van der Waals surface area contributed by atoms with Gasteiger partial charge in [0.05, 0.1) is 28.9 Å². The molecular weight excluding hydrogens is 316 g/mol. The zero-order chi connectivity index (χ0) is 15.4. The van der Waals surface area contributed by atoms with Gasteiger partial charge in [0.25, 0.3) is 5.91 Å². The maximum atomic E-state index is 12.0. The summed E-state index contributed by atoms with van der Waals surface area (Å²) in [6.07, 6.45) is 0. The van der Waals surface area contributed by atoms with Crippen molar-refractivity contribution in [3.63, 3.8) is 0 Å². The van der Waals surface area contributed by atoms with Gasteiger partial charge in [-0.1, -0.05) is 11.6 Å². The average molecular weight is 331 g/mol. The molecule has 1 fully saturated rings. The number of thiophene rings is 1. The Bertz CT molecular complexity index is 560. The third kappa shape index (κ3) is 4.26. The second-order valence-corrected chi connectivity index (χ2v) is 6.29. The molecule has 0 saturated carbocycles. The SMILES string of the molecule is CCOC(=O)CN1CC(=O)C(NC(=O)c2ccc(Cl)s2)C1. The summed E-state index contributed by atoms with van der Waals surface area (Å²) in [7, 11) is 0. The third-order valence-corrected chi connectivity index (χ3v) is 4.20.